The fourth-order valence-corrected chi connectivity index (χ4v) is 15.9. The predicted octanol–water partition coefficient (Wildman–Crippen LogP) is 10.6. The number of sulfone groups is 1. The average molecular weight is 1360 g/mol. The molecule has 4 aromatic heterocycles. The zero-order chi connectivity index (χ0) is 66.4. The first-order valence-electron chi connectivity index (χ1n) is 29.9. The quantitative estimate of drug-likeness (QED) is 0.0285. The van der Waals surface area contributed by atoms with Gasteiger partial charge in [0.05, 0.1) is 74.7 Å². The van der Waals surface area contributed by atoms with Crippen molar-refractivity contribution in [2.24, 2.45) is 0 Å². The molecule has 0 fully saturated rings. The molecular weight excluding hydrogens is 1290 g/mol. The molecule has 0 spiro atoms. The minimum atomic E-state index is -4.63. The molecule has 9 aromatic rings. The molecule has 0 radical (unpaired) electrons. The van der Waals surface area contributed by atoms with E-state index in [9.17, 15) is 51.9 Å². The second-order valence-corrected chi connectivity index (χ2v) is 31.8. The maximum Gasteiger partial charge on any atom is 0.294 e. The van der Waals surface area contributed by atoms with Crippen LogP contribution in [0.1, 0.15) is 121 Å². The highest BCUT2D eigenvalue weighted by molar-refractivity contribution is 7.90. The van der Waals surface area contributed by atoms with Crippen LogP contribution in [0.2, 0.25) is 0 Å². The number of H-pyrrole nitrogens is 3. The fraction of sp³-hybridized carbons (Fsp3) is 0.235. The van der Waals surface area contributed by atoms with E-state index < -0.39 is 80.0 Å². The molecule has 2 aliphatic heterocycles. The highest BCUT2D eigenvalue weighted by Crippen LogP contribution is 2.45. The summed E-state index contributed by atoms with van der Waals surface area (Å²) in [5.41, 5.74) is 8.27. The normalized spacial score (nSPS) is 18.6. The van der Waals surface area contributed by atoms with Crippen LogP contribution in [0.5, 0.6) is 0 Å². The van der Waals surface area contributed by atoms with Gasteiger partial charge in [-0.1, -0.05) is 86.7 Å². The Balaban J connectivity index is 0.943. The highest BCUT2D eigenvalue weighted by atomic mass is 32.2. The fourth-order valence-electron chi connectivity index (χ4n) is 12.6. The first-order valence-corrected chi connectivity index (χ1v) is 37.3. The molecule has 0 saturated carbocycles. The summed E-state index contributed by atoms with van der Waals surface area (Å²) in [5.74, 6) is -2.36. The average Bonchev–Trinajstić information content (AvgIpc) is 1.68. The number of aryl methyl sites for hydroxylation is 1. The van der Waals surface area contributed by atoms with Crippen molar-refractivity contribution >= 4 is 61.7 Å². The number of benzene rings is 5. The molecule has 20 nitrogen and oxygen atoms in total. The summed E-state index contributed by atoms with van der Waals surface area (Å²) in [7, 11) is -22.4. The lowest BCUT2D eigenvalue weighted by Crippen LogP contribution is -2.23. The van der Waals surface area contributed by atoms with Crippen molar-refractivity contribution in [3.63, 3.8) is 0 Å². The minimum Gasteiger partial charge on any atom is -0.377 e. The lowest BCUT2D eigenvalue weighted by molar-refractivity contribution is 0.413. The lowest BCUT2D eigenvalue weighted by atomic mass is 9.74. The molecule has 2 aliphatic rings. The number of nitrogens with zero attached hydrogens (tertiary/aromatic N) is 1. The third kappa shape index (κ3) is 15.3. The molecule has 11 rings (SSSR count). The number of aromatic nitrogens is 4. The Bertz CT molecular complexity index is 5160. The Morgan fingerprint density at radius 1 is 0.409 bits per heavy atom. The Kier molecular flexibility index (Phi) is 18.6. The van der Waals surface area contributed by atoms with Gasteiger partial charge in [-0.2, -0.15) is 33.7 Å². The zero-order valence-electron chi connectivity index (χ0n) is 50.9. The van der Waals surface area contributed by atoms with Gasteiger partial charge >= 0.3 is 0 Å². The van der Waals surface area contributed by atoms with Crippen molar-refractivity contribution in [2.75, 3.05) is 0 Å². The summed E-state index contributed by atoms with van der Waals surface area (Å²) < 4.78 is 169. The van der Waals surface area contributed by atoms with Gasteiger partial charge in [0.25, 0.3) is 40.5 Å². The summed E-state index contributed by atoms with van der Waals surface area (Å²) >= 11 is 0. The van der Waals surface area contributed by atoms with E-state index in [1.54, 1.807) is 77.4 Å². The predicted molar refractivity (Wildman–Crippen MR) is 353 cm³/mol. The smallest absolute Gasteiger partial charge is 0.294 e. The SMILES string of the molecule is Cc1ccc(-c2ccc(C3C=C/C(=c4/cc/c(=c5/cc/c(=C6/C=CC(C)N6)[nH]5)[nH]4)N3)n2CS(=O)(=O)c2ccc(C(CC(C)c3ccc(S(=O)(=O)O)cc3)CC(CC(CC(C)c3ccc(S(=O)(=O)O)cc3)c3ccc(S(=O)(=O)O)cc3)c3ccc(S(=O)(=O)O)cc3)cc2)[nH]1. The molecule has 0 saturated heterocycles. The van der Waals surface area contributed by atoms with Crippen LogP contribution in [0, 0.1) is 17.6 Å². The Morgan fingerprint density at radius 2 is 0.785 bits per heavy atom. The van der Waals surface area contributed by atoms with Crippen molar-refractivity contribution in [1.82, 2.24) is 30.2 Å². The maximum absolute atomic E-state index is 15.1. The molecule has 0 aliphatic carbocycles. The molecule has 7 atom stereocenters. The van der Waals surface area contributed by atoms with Crippen molar-refractivity contribution < 1.29 is 60.3 Å². The summed E-state index contributed by atoms with van der Waals surface area (Å²) in [4.78, 5) is 9.16. The van der Waals surface area contributed by atoms with Gasteiger partial charge in [-0.15, -0.1) is 0 Å². The van der Waals surface area contributed by atoms with Crippen molar-refractivity contribution in [2.45, 2.75) is 125 Å². The topological polar surface area (TPSA) is 328 Å². The van der Waals surface area contributed by atoms with E-state index >= 15 is 8.42 Å². The van der Waals surface area contributed by atoms with Gasteiger partial charge in [0.1, 0.15) is 5.88 Å². The van der Waals surface area contributed by atoms with Crippen LogP contribution >= 0.6 is 0 Å². The van der Waals surface area contributed by atoms with Crippen LogP contribution in [0.25, 0.3) is 22.8 Å². The van der Waals surface area contributed by atoms with E-state index in [1.807, 2.05) is 81.5 Å². The maximum atomic E-state index is 15.1. The van der Waals surface area contributed by atoms with Gasteiger partial charge in [-0.05, 0) is 218 Å². The molecular formula is C68H70N6O14S5. The summed E-state index contributed by atoms with van der Waals surface area (Å²) in [6.07, 6.45) is 9.52. The first kappa shape index (κ1) is 66.1. The largest absolute Gasteiger partial charge is 0.377 e. The number of hydrogen-bond donors (Lipinski definition) is 9. The van der Waals surface area contributed by atoms with Gasteiger partial charge in [0.15, 0.2) is 9.84 Å². The van der Waals surface area contributed by atoms with E-state index in [4.69, 9.17) is 0 Å². The van der Waals surface area contributed by atoms with Gasteiger partial charge in [-0.25, -0.2) is 8.42 Å². The summed E-state index contributed by atoms with van der Waals surface area (Å²) in [5, 5.41) is 10.6. The highest BCUT2D eigenvalue weighted by Gasteiger charge is 2.31. The van der Waals surface area contributed by atoms with Gasteiger partial charge in [0, 0.05) is 17.4 Å². The monoisotopic (exact) mass is 1350 g/mol. The second-order valence-electron chi connectivity index (χ2n) is 24.1. The first-order chi connectivity index (χ1) is 43.9. The van der Waals surface area contributed by atoms with Crippen LogP contribution < -0.4 is 21.3 Å². The standard InChI is InChI=1S/C68H70N6O14S5/c1-42(46-7-19-55(20-8-46)90(77,78)79)37-51(39-53(50-15-25-58(26-16-50)93(86,87)88)40-52(49-13-23-57(24-14-49)92(83,84)85)38-43(2)47-9-21-56(22-10-47)91(80,81)82)48-11-17-54(18-12-48)89(75,76)41-74-67(65-28-6-45(4)70-65)35-36-68(74)66-34-33-64(73-66)63-32-31-62(72-63)61-30-29-60(71-61)59-27-5-44(3)69-59/h5-36,42-44,51-53,66,69-73H,37-41H2,1-4H3,(H,77,78,79)(H,80,81,82)(H,83,84,85)(H,86,87,88)/b60-59+,62-61+,64-63+. The Labute approximate surface area is 540 Å². The molecule has 6 heterocycles. The lowest BCUT2D eigenvalue weighted by Gasteiger charge is -2.31. The number of hydrogen-bond acceptors (Lipinski definition) is 12. The van der Waals surface area contributed by atoms with Crippen molar-refractivity contribution in [1.29, 1.82) is 0 Å². The minimum absolute atomic E-state index is 0.0395. The molecule has 9 N–H and O–H groups in total. The molecule has 25 heteroatoms. The number of rotatable bonds is 22. The van der Waals surface area contributed by atoms with E-state index in [1.165, 1.54) is 48.5 Å². The van der Waals surface area contributed by atoms with E-state index in [0.717, 1.165) is 60.9 Å². The van der Waals surface area contributed by atoms with Crippen LogP contribution in [0.15, 0.2) is 219 Å². The van der Waals surface area contributed by atoms with Gasteiger partial charge in [-0.3, -0.25) is 18.2 Å². The Hall–Kier alpha value is -8.37. The number of aromatic amines is 3. The van der Waals surface area contributed by atoms with E-state index in [-0.39, 0.29) is 42.4 Å². The molecule has 0 amide bonds. The zero-order valence-corrected chi connectivity index (χ0v) is 55.0. The Morgan fingerprint density at radius 3 is 1.17 bits per heavy atom. The third-order valence-electron chi connectivity index (χ3n) is 17.6. The molecule has 486 valence electrons. The third-order valence-corrected chi connectivity index (χ3v) is 22.7. The second kappa shape index (κ2) is 26.2. The molecule has 93 heavy (non-hydrogen) atoms. The van der Waals surface area contributed by atoms with Crippen molar-refractivity contribution in [3.05, 3.63) is 255 Å². The van der Waals surface area contributed by atoms with Crippen molar-refractivity contribution in [3.8, 4) is 11.4 Å². The van der Waals surface area contributed by atoms with Gasteiger partial charge < -0.3 is 30.2 Å². The summed E-state index contributed by atoms with van der Waals surface area (Å²) in [6, 6.07) is 45.3. The van der Waals surface area contributed by atoms with Crippen LogP contribution in [0.4, 0.5) is 0 Å². The van der Waals surface area contributed by atoms with E-state index in [0.29, 0.717) is 48.2 Å². The van der Waals surface area contributed by atoms with Gasteiger partial charge in [0.2, 0.25) is 0 Å². The summed E-state index contributed by atoms with van der Waals surface area (Å²) in [6.45, 7) is 7.88. The number of nitrogens with one attached hydrogen (secondary N) is 5. The molecule has 5 aromatic carbocycles. The van der Waals surface area contributed by atoms with Crippen LogP contribution in [0.3, 0.4) is 0 Å². The van der Waals surface area contributed by atoms with Crippen LogP contribution in [-0.4, -0.2) is 85.9 Å². The molecule has 7 unspecified atom stereocenters. The van der Waals surface area contributed by atoms with Crippen LogP contribution in [-0.2, 0) is 56.2 Å². The van der Waals surface area contributed by atoms with E-state index in [2.05, 4.69) is 44.7 Å². The molecule has 0 bridgehead atoms.